The largest absolute Gasteiger partial charge is 0.379 e. The minimum Gasteiger partial charge on any atom is -0.379 e. The van der Waals surface area contributed by atoms with Crippen LogP contribution in [0.3, 0.4) is 0 Å². The maximum atomic E-state index is 16.2. The minimum atomic E-state index is -3.42. The molecule has 0 spiro atoms. The minimum absolute atomic E-state index is 0.0103. The molecule has 1 aliphatic rings. The Morgan fingerprint density at radius 2 is 1.27 bits per heavy atom. The summed E-state index contributed by atoms with van der Waals surface area (Å²) in [4.78, 5) is 0. The van der Waals surface area contributed by atoms with Gasteiger partial charge in [-0.05, 0) is 31.7 Å². The highest BCUT2D eigenvalue weighted by atomic mass is 35.5. The van der Waals surface area contributed by atoms with Crippen molar-refractivity contribution < 1.29 is 32.5 Å². The van der Waals surface area contributed by atoms with Gasteiger partial charge in [-0.2, -0.15) is 8.78 Å². The molecule has 0 saturated carbocycles. The number of hydrogen-bond donors (Lipinski definition) is 0. The smallest absolute Gasteiger partial charge is 0.302 e. The van der Waals surface area contributed by atoms with Gasteiger partial charge in [0.1, 0.15) is 24.4 Å². The number of unbranched alkanes of at least 4 members (excludes halogenated alkanes) is 4. The normalized spacial score (nSPS) is 24.5. The van der Waals surface area contributed by atoms with Crippen LogP contribution in [0.15, 0.2) is 24.3 Å². The molecule has 8 heteroatoms. The van der Waals surface area contributed by atoms with E-state index < -0.39 is 36.4 Å². The molecule has 37 heavy (non-hydrogen) atoms. The first kappa shape index (κ1) is 32.4. The van der Waals surface area contributed by atoms with E-state index in [0.29, 0.717) is 26.4 Å². The van der Waals surface area contributed by atoms with E-state index in [2.05, 4.69) is 20.8 Å². The Morgan fingerprint density at radius 1 is 0.757 bits per heavy atom. The van der Waals surface area contributed by atoms with Gasteiger partial charge in [-0.25, -0.2) is 0 Å². The molecule has 1 aromatic rings. The van der Waals surface area contributed by atoms with E-state index in [4.69, 9.17) is 35.3 Å². The van der Waals surface area contributed by atoms with Crippen molar-refractivity contribution in [2.24, 2.45) is 0 Å². The number of halogens is 3. The zero-order valence-corrected chi connectivity index (χ0v) is 23.8. The molecule has 2 rings (SSSR count). The standard InChI is InChI=1S/C29H47ClF2O5/c1-5-9-17-33-21-24-25(34-18-10-6-2)26(35-19-11-7-3)27(36-20-12-8-4)28(37-24)29(31,32)22-15-13-14-16-23(22)30/h13-16,24-28H,5-12,17-21H2,1-4H3/t24-,25-,26+,27-,28-/m1/s1. The second-order valence-electron chi connectivity index (χ2n) is 9.69. The van der Waals surface area contributed by atoms with Gasteiger partial charge in [0.25, 0.3) is 0 Å². The van der Waals surface area contributed by atoms with Crippen LogP contribution in [0, 0.1) is 0 Å². The van der Waals surface area contributed by atoms with Gasteiger partial charge in [0.05, 0.1) is 6.61 Å². The van der Waals surface area contributed by atoms with E-state index in [9.17, 15) is 0 Å². The van der Waals surface area contributed by atoms with Crippen LogP contribution >= 0.6 is 11.6 Å². The molecular weight excluding hydrogens is 502 g/mol. The Labute approximate surface area is 227 Å². The van der Waals surface area contributed by atoms with Crippen molar-refractivity contribution in [3.63, 3.8) is 0 Å². The zero-order valence-electron chi connectivity index (χ0n) is 23.1. The molecule has 0 radical (unpaired) electrons. The second kappa shape index (κ2) is 17.7. The summed E-state index contributed by atoms with van der Waals surface area (Å²) in [5, 5.41) is -0.0103. The fourth-order valence-corrected chi connectivity index (χ4v) is 4.60. The molecule has 1 aliphatic heterocycles. The molecule has 1 aromatic carbocycles. The van der Waals surface area contributed by atoms with E-state index in [1.54, 1.807) is 12.1 Å². The number of alkyl halides is 2. The summed E-state index contributed by atoms with van der Waals surface area (Å²) in [7, 11) is 0. The van der Waals surface area contributed by atoms with Crippen molar-refractivity contribution in [3.05, 3.63) is 34.9 Å². The third-order valence-electron chi connectivity index (χ3n) is 6.57. The van der Waals surface area contributed by atoms with Crippen molar-refractivity contribution in [2.45, 2.75) is 116 Å². The molecule has 0 aliphatic carbocycles. The SMILES string of the molecule is CCCCOC[C@H]1O[C@@H](C(F)(F)c2ccccc2Cl)[C@H](OCCCC)[C@@H](OCCCC)[C@@H]1OCCCC. The molecule has 1 saturated heterocycles. The van der Waals surface area contributed by atoms with E-state index in [1.807, 2.05) is 6.92 Å². The molecule has 0 bridgehead atoms. The Bertz CT molecular complexity index is 738. The van der Waals surface area contributed by atoms with Crippen LogP contribution in [0.2, 0.25) is 5.02 Å². The maximum Gasteiger partial charge on any atom is 0.302 e. The molecule has 0 unspecified atom stereocenters. The van der Waals surface area contributed by atoms with Crippen LogP contribution in [0.5, 0.6) is 0 Å². The lowest BCUT2D eigenvalue weighted by Crippen LogP contribution is -2.65. The number of hydrogen-bond acceptors (Lipinski definition) is 5. The van der Waals surface area contributed by atoms with Crippen molar-refractivity contribution >= 4 is 11.6 Å². The summed E-state index contributed by atoms with van der Waals surface area (Å²) in [5.41, 5.74) is -0.283. The first-order valence-electron chi connectivity index (χ1n) is 14.1. The lowest BCUT2D eigenvalue weighted by molar-refractivity contribution is -0.308. The Morgan fingerprint density at radius 3 is 1.84 bits per heavy atom. The average Bonchev–Trinajstić information content (AvgIpc) is 2.88. The summed E-state index contributed by atoms with van der Waals surface area (Å²) >= 11 is 6.25. The fraction of sp³-hybridized carbons (Fsp3) is 0.793. The van der Waals surface area contributed by atoms with Crippen LogP contribution < -0.4 is 0 Å². The van der Waals surface area contributed by atoms with Gasteiger partial charge in [0.2, 0.25) is 0 Å². The Kier molecular flexibility index (Phi) is 15.5. The fourth-order valence-electron chi connectivity index (χ4n) is 4.34. The van der Waals surface area contributed by atoms with E-state index in [-0.39, 0.29) is 17.2 Å². The van der Waals surface area contributed by atoms with Gasteiger partial charge >= 0.3 is 5.92 Å². The highest BCUT2D eigenvalue weighted by molar-refractivity contribution is 6.31. The molecule has 0 N–H and O–H groups in total. The second-order valence-corrected chi connectivity index (χ2v) is 10.1. The van der Waals surface area contributed by atoms with Crippen LogP contribution in [-0.2, 0) is 29.6 Å². The summed E-state index contributed by atoms with van der Waals surface area (Å²) in [5.74, 6) is -3.42. The third-order valence-corrected chi connectivity index (χ3v) is 6.90. The highest BCUT2D eigenvalue weighted by Crippen LogP contribution is 2.44. The lowest BCUT2D eigenvalue weighted by atomic mass is 9.88. The topological polar surface area (TPSA) is 46.2 Å². The van der Waals surface area contributed by atoms with E-state index in [0.717, 1.165) is 51.4 Å². The quantitative estimate of drug-likeness (QED) is 0.167. The van der Waals surface area contributed by atoms with Gasteiger partial charge in [0.15, 0.2) is 6.10 Å². The number of rotatable bonds is 19. The average molecular weight is 549 g/mol. The first-order chi connectivity index (χ1) is 17.9. The van der Waals surface area contributed by atoms with Gasteiger partial charge in [0, 0.05) is 37.0 Å². The third kappa shape index (κ3) is 9.70. The molecule has 1 fully saturated rings. The lowest BCUT2D eigenvalue weighted by Gasteiger charge is -2.48. The summed E-state index contributed by atoms with van der Waals surface area (Å²) in [6.45, 7) is 10.2. The number of benzene rings is 1. The van der Waals surface area contributed by atoms with Gasteiger partial charge in [-0.1, -0.05) is 83.2 Å². The van der Waals surface area contributed by atoms with E-state index >= 15 is 8.78 Å². The number of ether oxygens (including phenoxy) is 5. The molecule has 214 valence electrons. The molecule has 5 nitrogen and oxygen atoms in total. The zero-order chi connectivity index (χ0) is 27.1. The maximum absolute atomic E-state index is 16.2. The first-order valence-corrected chi connectivity index (χ1v) is 14.5. The molecule has 5 atom stereocenters. The van der Waals surface area contributed by atoms with Crippen molar-refractivity contribution in [1.82, 2.24) is 0 Å². The molecule has 1 heterocycles. The molecule has 0 aromatic heterocycles. The van der Waals surface area contributed by atoms with Gasteiger partial charge in [-0.15, -0.1) is 0 Å². The summed E-state index contributed by atoms with van der Waals surface area (Å²) < 4.78 is 63.3. The predicted molar refractivity (Wildman–Crippen MR) is 144 cm³/mol. The molecule has 0 amide bonds. The van der Waals surface area contributed by atoms with Gasteiger partial charge in [-0.3, -0.25) is 0 Å². The summed E-state index contributed by atoms with van der Waals surface area (Å²) in [6, 6.07) is 6.01. The van der Waals surface area contributed by atoms with Crippen LogP contribution in [0.1, 0.15) is 84.6 Å². The van der Waals surface area contributed by atoms with Gasteiger partial charge < -0.3 is 23.7 Å². The summed E-state index contributed by atoms with van der Waals surface area (Å²) in [6.07, 6.45) is 2.33. The highest BCUT2D eigenvalue weighted by Gasteiger charge is 2.58. The monoisotopic (exact) mass is 548 g/mol. The Hall–Kier alpha value is -0.830. The van der Waals surface area contributed by atoms with Crippen LogP contribution in [-0.4, -0.2) is 63.6 Å². The Balaban J connectivity index is 2.47. The van der Waals surface area contributed by atoms with Crippen LogP contribution in [0.4, 0.5) is 8.78 Å². The predicted octanol–water partition coefficient (Wildman–Crippen LogP) is 7.57. The van der Waals surface area contributed by atoms with Crippen LogP contribution in [0.25, 0.3) is 0 Å². The van der Waals surface area contributed by atoms with Crippen molar-refractivity contribution in [1.29, 1.82) is 0 Å². The molecular formula is C29H47ClF2O5. The van der Waals surface area contributed by atoms with E-state index in [1.165, 1.54) is 12.1 Å². The van der Waals surface area contributed by atoms with Crippen molar-refractivity contribution in [3.8, 4) is 0 Å². The van der Waals surface area contributed by atoms with Crippen molar-refractivity contribution in [2.75, 3.05) is 33.0 Å².